The third kappa shape index (κ3) is 14.0. The number of esters is 2. The number of hydrogen-bond acceptors (Lipinski definition) is 5. The predicted molar refractivity (Wildman–Crippen MR) is 113 cm³/mol. The average molecular weight is 398 g/mol. The molecule has 0 aromatic rings. The second kappa shape index (κ2) is 16.8. The van der Waals surface area contributed by atoms with Gasteiger partial charge < -0.3 is 9.47 Å². The Balaban J connectivity index is 1.83. The molecule has 1 rings (SSSR count). The van der Waals surface area contributed by atoms with E-state index in [1.165, 1.54) is 58.3 Å². The molecule has 5 heteroatoms. The first-order valence-electron chi connectivity index (χ1n) is 11.7. The molecule has 1 fully saturated rings. The Bertz CT molecular complexity index is 413. The number of unbranched alkanes of at least 4 members (excludes halogenated alkanes) is 10. The van der Waals surface area contributed by atoms with Crippen molar-refractivity contribution < 1.29 is 19.1 Å². The highest BCUT2D eigenvalue weighted by Crippen LogP contribution is 2.14. The molecule has 0 spiro atoms. The summed E-state index contributed by atoms with van der Waals surface area (Å²) >= 11 is 0. The zero-order valence-electron chi connectivity index (χ0n) is 18.4. The first-order chi connectivity index (χ1) is 13.6. The van der Waals surface area contributed by atoms with Crippen molar-refractivity contribution in [3.8, 4) is 0 Å². The molecule has 0 bridgehead atoms. The highest BCUT2D eigenvalue weighted by atomic mass is 16.5. The summed E-state index contributed by atoms with van der Waals surface area (Å²) in [6, 6.07) is 0. The van der Waals surface area contributed by atoms with E-state index in [1.807, 2.05) is 0 Å². The Morgan fingerprint density at radius 2 is 1.54 bits per heavy atom. The molecule has 0 radical (unpaired) electrons. The van der Waals surface area contributed by atoms with Crippen LogP contribution in [0.2, 0.25) is 0 Å². The normalized spacial score (nSPS) is 17.0. The van der Waals surface area contributed by atoms with Gasteiger partial charge in [0.25, 0.3) is 0 Å². The minimum absolute atomic E-state index is 0.0457. The van der Waals surface area contributed by atoms with E-state index in [4.69, 9.17) is 9.47 Å². The zero-order valence-corrected chi connectivity index (χ0v) is 18.4. The van der Waals surface area contributed by atoms with Crippen LogP contribution in [0.4, 0.5) is 0 Å². The second-order valence-corrected chi connectivity index (χ2v) is 8.18. The third-order valence-electron chi connectivity index (χ3n) is 5.43. The molecule has 5 nitrogen and oxygen atoms in total. The molecule has 1 saturated heterocycles. The lowest BCUT2D eigenvalue weighted by molar-refractivity contribution is -0.146. The number of carbonyl (C=O) groups is 2. The molecule has 28 heavy (non-hydrogen) atoms. The molecule has 0 aromatic carbocycles. The number of rotatable bonds is 17. The van der Waals surface area contributed by atoms with E-state index >= 15 is 0 Å². The van der Waals surface area contributed by atoms with E-state index in [0.717, 1.165) is 51.7 Å². The largest absolute Gasteiger partial charge is 0.466 e. The summed E-state index contributed by atoms with van der Waals surface area (Å²) in [6.07, 6.45) is 16.1. The summed E-state index contributed by atoms with van der Waals surface area (Å²) in [5.74, 6) is -0.233. The quantitative estimate of drug-likeness (QED) is 0.247. The SMILES string of the molecule is CCCCCCCCCCCOC(=O)CCCCCN1CCC(OC(C)=O)C1. The maximum Gasteiger partial charge on any atom is 0.305 e. The van der Waals surface area contributed by atoms with Gasteiger partial charge in [-0.05, 0) is 32.2 Å². The Hall–Kier alpha value is -1.10. The van der Waals surface area contributed by atoms with Gasteiger partial charge in [0.2, 0.25) is 0 Å². The van der Waals surface area contributed by atoms with Crippen LogP contribution < -0.4 is 0 Å². The standard InChI is InChI=1S/C23H43NO4/c1-3-4-5-6-7-8-9-10-14-19-27-23(26)15-12-11-13-17-24-18-16-22(20-24)28-21(2)25/h22H,3-20H2,1-2H3. The minimum Gasteiger partial charge on any atom is -0.466 e. The molecule has 0 amide bonds. The Kier molecular flexibility index (Phi) is 15.0. The fraction of sp³-hybridized carbons (Fsp3) is 0.913. The van der Waals surface area contributed by atoms with Gasteiger partial charge in [-0.1, -0.05) is 64.7 Å². The van der Waals surface area contributed by atoms with Crippen molar-refractivity contribution in [3.63, 3.8) is 0 Å². The topological polar surface area (TPSA) is 55.8 Å². The van der Waals surface area contributed by atoms with E-state index < -0.39 is 0 Å². The predicted octanol–water partition coefficient (Wildman–Crippen LogP) is 5.26. The van der Waals surface area contributed by atoms with Crippen LogP contribution in [0.15, 0.2) is 0 Å². The van der Waals surface area contributed by atoms with E-state index in [1.54, 1.807) is 0 Å². The maximum atomic E-state index is 11.8. The summed E-state index contributed by atoms with van der Waals surface area (Å²) in [6.45, 7) is 7.17. The highest BCUT2D eigenvalue weighted by Gasteiger charge is 2.23. The molecule has 1 atom stereocenters. The van der Waals surface area contributed by atoms with Gasteiger partial charge in [0.05, 0.1) is 6.61 Å². The number of carbonyl (C=O) groups excluding carboxylic acids is 2. The first kappa shape index (κ1) is 24.9. The van der Waals surface area contributed by atoms with Crippen LogP contribution in [0.3, 0.4) is 0 Å². The van der Waals surface area contributed by atoms with Crippen LogP contribution in [0.1, 0.15) is 104 Å². The van der Waals surface area contributed by atoms with Crippen LogP contribution in [0, 0.1) is 0 Å². The Morgan fingerprint density at radius 1 is 0.893 bits per heavy atom. The lowest BCUT2D eigenvalue weighted by Gasteiger charge is -2.15. The molecule has 1 unspecified atom stereocenters. The van der Waals surface area contributed by atoms with Crippen molar-refractivity contribution in [2.45, 2.75) is 110 Å². The lowest BCUT2D eigenvalue weighted by atomic mass is 10.1. The van der Waals surface area contributed by atoms with E-state index in [0.29, 0.717) is 13.0 Å². The number of hydrogen-bond donors (Lipinski definition) is 0. The van der Waals surface area contributed by atoms with Crippen molar-refractivity contribution in [2.24, 2.45) is 0 Å². The van der Waals surface area contributed by atoms with E-state index in [2.05, 4.69) is 11.8 Å². The Morgan fingerprint density at radius 3 is 2.21 bits per heavy atom. The number of nitrogens with zero attached hydrogens (tertiary/aromatic N) is 1. The number of likely N-dealkylation sites (tertiary alicyclic amines) is 1. The van der Waals surface area contributed by atoms with E-state index in [9.17, 15) is 9.59 Å². The zero-order chi connectivity index (χ0) is 20.5. The fourth-order valence-corrected chi connectivity index (χ4v) is 3.78. The van der Waals surface area contributed by atoms with Crippen LogP contribution in [0.5, 0.6) is 0 Å². The fourth-order valence-electron chi connectivity index (χ4n) is 3.78. The highest BCUT2D eigenvalue weighted by molar-refractivity contribution is 5.69. The molecule has 0 aromatic heterocycles. The third-order valence-corrected chi connectivity index (χ3v) is 5.43. The second-order valence-electron chi connectivity index (χ2n) is 8.18. The molecule has 1 aliphatic heterocycles. The summed E-state index contributed by atoms with van der Waals surface area (Å²) in [5, 5.41) is 0. The summed E-state index contributed by atoms with van der Waals surface area (Å²) in [4.78, 5) is 25.1. The van der Waals surface area contributed by atoms with Gasteiger partial charge in [-0.15, -0.1) is 0 Å². The van der Waals surface area contributed by atoms with Crippen LogP contribution in [-0.2, 0) is 19.1 Å². The monoisotopic (exact) mass is 397 g/mol. The average Bonchev–Trinajstić information content (AvgIpc) is 3.09. The van der Waals surface area contributed by atoms with Gasteiger partial charge >= 0.3 is 11.9 Å². The van der Waals surface area contributed by atoms with Gasteiger partial charge in [-0.3, -0.25) is 14.5 Å². The summed E-state index contributed by atoms with van der Waals surface area (Å²) in [7, 11) is 0. The van der Waals surface area contributed by atoms with E-state index in [-0.39, 0.29) is 18.0 Å². The molecule has 1 aliphatic rings. The first-order valence-corrected chi connectivity index (χ1v) is 11.7. The van der Waals surface area contributed by atoms with Gasteiger partial charge in [0.1, 0.15) is 6.10 Å². The summed E-state index contributed by atoms with van der Waals surface area (Å²) < 4.78 is 10.6. The molecule has 0 saturated carbocycles. The smallest absolute Gasteiger partial charge is 0.305 e. The summed E-state index contributed by atoms with van der Waals surface area (Å²) in [5.41, 5.74) is 0. The molecule has 164 valence electrons. The number of ether oxygens (including phenoxy) is 2. The van der Waals surface area contributed by atoms with Crippen LogP contribution in [0.25, 0.3) is 0 Å². The molecular formula is C23H43NO4. The van der Waals surface area contributed by atoms with Crippen molar-refractivity contribution in [1.82, 2.24) is 4.90 Å². The van der Waals surface area contributed by atoms with Gasteiger partial charge in [0, 0.05) is 26.4 Å². The molecule has 1 heterocycles. The maximum absolute atomic E-state index is 11.8. The van der Waals surface area contributed by atoms with Crippen molar-refractivity contribution in [2.75, 3.05) is 26.2 Å². The van der Waals surface area contributed by atoms with Gasteiger partial charge in [0.15, 0.2) is 0 Å². The molecule has 0 aliphatic carbocycles. The van der Waals surface area contributed by atoms with Crippen molar-refractivity contribution in [1.29, 1.82) is 0 Å². The van der Waals surface area contributed by atoms with Gasteiger partial charge in [-0.25, -0.2) is 0 Å². The molecule has 0 N–H and O–H groups in total. The van der Waals surface area contributed by atoms with Crippen LogP contribution in [-0.4, -0.2) is 49.2 Å². The van der Waals surface area contributed by atoms with Crippen LogP contribution >= 0.6 is 0 Å². The lowest BCUT2D eigenvalue weighted by Crippen LogP contribution is -2.25. The van der Waals surface area contributed by atoms with Gasteiger partial charge in [-0.2, -0.15) is 0 Å². The van der Waals surface area contributed by atoms with Crippen molar-refractivity contribution in [3.05, 3.63) is 0 Å². The minimum atomic E-state index is -0.187. The van der Waals surface area contributed by atoms with Crippen molar-refractivity contribution >= 4 is 11.9 Å². The molecular weight excluding hydrogens is 354 g/mol. The Labute approximate surface area is 172 Å².